The molecule has 0 fully saturated rings. The molecule has 5 nitrogen and oxygen atoms in total. The van der Waals surface area contributed by atoms with Crippen LogP contribution in [-0.2, 0) is 17.6 Å². The van der Waals surface area contributed by atoms with Crippen LogP contribution in [0.3, 0.4) is 0 Å². The summed E-state index contributed by atoms with van der Waals surface area (Å²) in [5, 5.41) is 2.91. The third kappa shape index (κ3) is 5.73. The number of para-hydroxylation sites is 1. The fourth-order valence-electron chi connectivity index (χ4n) is 3.07. The predicted octanol–water partition coefficient (Wildman–Crippen LogP) is 5.51. The highest BCUT2D eigenvalue weighted by molar-refractivity contribution is 5.83. The van der Waals surface area contributed by atoms with Gasteiger partial charge in [0.1, 0.15) is 29.5 Å². The van der Waals surface area contributed by atoms with Gasteiger partial charge < -0.3 is 10.1 Å². The van der Waals surface area contributed by atoms with Crippen LogP contribution < -0.4 is 10.1 Å². The number of nitrogens with one attached hydrogen (secondary N) is 1. The number of hydrogen-bond donors (Lipinski definition) is 1. The monoisotopic (exact) mass is 413 g/mol. The maximum atomic E-state index is 13.8. The molecule has 31 heavy (non-hydrogen) atoms. The van der Waals surface area contributed by atoms with Gasteiger partial charge in [-0.2, -0.15) is 0 Å². The maximum Gasteiger partial charge on any atom is 0.224 e. The quantitative estimate of drug-likeness (QED) is 0.413. The molecule has 0 atom stereocenters. The van der Waals surface area contributed by atoms with Crippen molar-refractivity contribution in [2.45, 2.75) is 12.8 Å². The van der Waals surface area contributed by atoms with Crippen LogP contribution in [0.1, 0.15) is 11.1 Å². The molecular weight excluding hydrogens is 393 g/mol. The Hall–Kier alpha value is -4.06. The molecule has 4 rings (SSSR count). The Morgan fingerprint density at radius 2 is 1.52 bits per heavy atom. The first-order valence-electron chi connectivity index (χ1n) is 9.82. The van der Waals surface area contributed by atoms with E-state index < -0.39 is 0 Å². The SMILES string of the molecule is O=C(Cc1ccccc1)Cc1ccc(Oc2cc(Nc3ccccc3F)ncn2)cc1. The Kier molecular flexibility index (Phi) is 6.28. The van der Waals surface area contributed by atoms with Crippen molar-refractivity contribution < 1.29 is 13.9 Å². The van der Waals surface area contributed by atoms with Gasteiger partial charge in [-0.25, -0.2) is 14.4 Å². The number of rotatable bonds is 8. The molecular formula is C25H20FN3O2. The fraction of sp³-hybridized carbons (Fsp3) is 0.0800. The molecule has 0 radical (unpaired) electrons. The molecule has 0 amide bonds. The smallest absolute Gasteiger partial charge is 0.224 e. The standard InChI is InChI=1S/C25H20FN3O2/c26-22-8-4-5-9-23(22)29-24-16-25(28-17-27-24)31-21-12-10-19(11-13-21)15-20(30)14-18-6-2-1-3-7-18/h1-13,16-17H,14-15H2,(H,27,28,29). The third-order valence-corrected chi connectivity index (χ3v) is 4.57. The average Bonchev–Trinajstić information content (AvgIpc) is 2.78. The van der Waals surface area contributed by atoms with E-state index in [0.717, 1.165) is 11.1 Å². The lowest BCUT2D eigenvalue weighted by molar-refractivity contribution is -0.117. The number of carbonyl (C=O) groups is 1. The van der Waals surface area contributed by atoms with Crippen LogP contribution in [0.2, 0.25) is 0 Å². The number of nitrogens with zero attached hydrogens (tertiary/aromatic N) is 2. The van der Waals surface area contributed by atoms with Crippen LogP contribution in [0.15, 0.2) is 91.3 Å². The van der Waals surface area contributed by atoms with Crippen molar-refractivity contribution in [3.63, 3.8) is 0 Å². The number of carbonyl (C=O) groups excluding carboxylic acids is 1. The van der Waals surface area contributed by atoms with Gasteiger partial charge in [0.15, 0.2) is 0 Å². The zero-order chi connectivity index (χ0) is 21.5. The van der Waals surface area contributed by atoms with Crippen LogP contribution in [0.25, 0.3) is 0 Å². The minimum absolute atomic E-state index is 0.152. The second-order valence-electron chi connectivity index (χ2n) is 6.97. The first-order valence-corrected chi connectivity index (χ1v) is 9.82. The van der Waals surface area contributed by atoms with E-state index in [2.05, 4.69) is 15.3 Å². The minimum atomic E-state index is -0.374. The van der Waals surface area contributed by atoms with Gasteiger partial charge in [0.05, 0.1) is 5.69 Å². The third-order valence-electron chi connectivity index (χ3n) is 4.57. The van der Waals surface area contributed by atoms with E-state index in [1.807, 2.05) is 42.5 Å². The molecule has 1 heterocycles. The predicted molar refractivity (Wildman–Crippen MR) is 117 cm³/mol. The van der Waals surface area contributed by atoms with E-state index in [0.29, 0.717) is 36.0 Å². The molecule has 6 heteroatoms. The van der Waals surface area contributed by atoms with E-state index in [9.17, 15) is 9.18 Å². The lowest BCUT2D eigenvalue weighted by Crippen LogP contribution is -2.06. The Labute approximate surface area is 179 Å². The molecule has 154 valence electrons. The highest BCUT2D eigenvalue weighted by Gasteiger charge is 2.07. The van der Waals surface area contributed by atoms with Crippen molar-refractivity contribution in [3.8, 4) is 11.6 Å². The Balaban J connectivity index is 1.36. The van der Waals surface area contributed by atoms with Crippen molar-refractivity contribution in [1.29, 1.82) is 0 Å². The Morgan fingerprint density at radius 1 is 0.839 bits per heavy atom. The lowest BCUT2D eigenvalue weighted by atomic mass is 10.0. The summed E-state index contributed by atoms with van der Waals surface area (Å²) in [6.45, 7) is 0. The number of halogens is 1. The number of ketones is 1. The van der Waals surface area contributed by atoms with E-state index in [1.54, 1.807) is 36.4 Å². The number of hydrogen-bond acceptors (Lipinski definition) is 5. The van der Waals surface area contributed by atoms with Crippen LogP contribution in [-0.4, -0.2) is 15.8 Å². The summed E-state index contributed by atoms with van der Waals surface area (Å²) in [5.74, 6) is 1.09. The first kappa shape index (κ1) is 20.2. The normalized spacial score (nSPS) is 10.5. The van der Waals surface area contributed by atoms with Gasteiger partial charge in [0.25, 0.3) is 0 Å². The zero-order valence-corrected chi connectivity index (χ0v) is 16.7. The summed E-state index contributed by atoms with van der Waals surface area (Å²) in [6.07, 6.45) is 2.12. The van der Waals surface area contributed by atoms with E-state index in [4.69, 9.17) is 4.74 Å². The molecule has 0 saturated carbocycles. The number of anilines is 2. The minimum Gasteiger partial charge on any atom is -0.439 e. The van der Waals surface area contributed by atoms with Gasteiger partial charge >= 0.3 is 0 Å². The van der Waals surface area contributed by atoms with E-state index in [1.165, 1.54) is 12.4 Å². The average molecular weight is 413 g/mol. The van der Waals surface area contributed by atoms with Gasteiger partial charge in [-0.1, -0.05) is 54.6 Å². The molecule has 0 bridgehead atoms. The summed E-state index contributed by atoms with van der Waals surface area (Å²) in [4.78, 5) is 20.5. The van der Waals surface area contributed by atoms with Crippen LogP contribution in [0.5, 0.6) is 11.6 Å². The molecule has 4 aromatic rings. The van der Waals surface area contributed by atoms with Gasteiger partial charge in [-0.05, 0) is 35.4 Å². The van der Waals surface area contributed by atoms with Gasteiger partial charge in [-0.15, -0.1) is 0 Å². The molecule has 1 N–H and O–H groups in total. The largest absolute Gasteiger partial charge is 0.439 e. The van der Waals surface area contributed by atoms with Gasteiger partial charge in [0, 0.05) is 18.9 Å². The number of aromatic nitrogens is 2. The van der Waals surface area contributed by atoms with Gasteiger partial charge in [-0.3, -0.25) is 4.79 Å². The molecule has 1 aromatic heterocycles. The summed E-state index contributed by atoms with van der Waals surface area (Å²) in [6, 6.07) is 24.9. The molecule has 0 saturated heterocycles. The summed E-state index contributed by atoms with van der Waals surface area (Å²) in [5.41, 5.74) is 2.24. The highest BCUT2D eigenvalue weighted by atomic mass is 19.1. The van der Waals surface area contributed by atoms with Crippen LogP contribution in [0.4, 0.5) is 15.9 Å². The molecule has 0 unspecified atom stereocenters. The topological polar surface area (TPSA) is 64.1 Å². The number of ether oxygens (including phenoxy) is 1. The Bertz CT molecular complexity index is 1160. The highest BCUT2D eigenvalue weighted by Crippen LogP contribution is 2.24. The zero-order valence-electron chi connectivity index (χ0n) is 16.7. The summed E-state index contributed by atoms with van der Waals surface area (Å²) < 4.78 is 19.6. The Morgan fingerprint density at radius 3 is 2.26 bits per heavy atom. The second-order valence-corrected chi connectivity index (χ2v) is 6.97. The van der Waals surface area contributed by atoms with Crippen molar-refractivity contribution in [3.05, 3.63) is 108 Å². The molecule has 3 aromatic carbocycles. The lowest BCUT2D eigenvalue weighted by Gasteiger charge is -2.09. The van der Waals surface area contributed by atoms with E-state index >= 15 is 0 Å². The number of benzene rings is 3. The molecule has 0 aliphatic rings. The van der Waals surface area contributed by atoms with Crippen molar-refractivity contribution in [1.82, 2.24) is 9.97 Å². The summed E-state index contributed by atoms with van der Waals surface area (Å²) >= 11 is 0. The van der Waals surface area contributed by atoms with Crippen molar-refractivity contribution >= 4 is 17.3 Å². The van der Waals surface area contributed by atoms with Crippen molar-refractivity contribution in [2.75, 3.05) is 5.32 Å². The van der Waals surface area contributed by atoms with Crippen LogP contribution >= 0.6 is 0 Å². The molecule has 0 aliphatic carbocycles. The van der Waals surface area contributed by atoms with E-state index in [-0.39, 0.29) is 11.6 Å². The van der Waals surface area contributed by atoms with Gasteiger partial charge in [0.2, 0.25) is 5.88 Å². The second kappa shape index (κ2) is 9.63. The first-order chi connectivity index (χ1) is 15.2. The molecule has 0 aliphatic heterocycles. The van der Waals surface area contributed by atoms with Crippen molar-refractivity contribution in [2.24, 2.45) is 0 Å². The summed E-state index contributed by atoms with van der Waals surface area (Å²) in [7, 11) is 0. The number of Topliss-reactive ketones (excluding diaryl/α,β-unsaturated/α-hetero) is 1. The van der Waals surface area contributed by atoms with Crippen LogP contribution in [0, 0.1) is 5.82 Å². The maximum absolute atomic E-state index is 13.8. The molecule has 0 spiro atoms. The fourth-order valence-corrected chi connectivity index (χ4v) is 3.07.